The average Bonchev–Trinajstić information content (AvgIpc) is 2.97. The van der Waals surface area contributed by atoms with Crippen molar-refractivity contribution in [2.45, 2.75) is 0 Å². The summed E-state index contributed by atoms with van der Waals surface area (Å²) in [5, 5.41) is 16.2. The summed E-state index contributed by atoms with van der Waals surface area (Å²) in [4.78, 5) is 0. The second kappa shape index (κ2) is 4.36. The van der Waals surface area contributed by atoms with Crippen LogP contribution < -0.4 is 5.73 Å². The fourth-order valence-corrected chi connectivity index (χ4v) is 2.08. The summed E-state index contributed by atoms with van der Waals surface area (Å²) < 4.78 is 3.21. The van der Waals surface area contributed by atoms with Crippen LogP contribution in [0.15, 0.2) is 30.6 Å². The number of nitrogen functional groups attached to an aromatic ring is 1. The van der Waals surface area contributed by atoms with Crippen LogP contribution in [0.5, 0.6) is 0 Å². The molecule has 0 aliphatic carbocycles. The monoisotopic (exact) mass is 275 g/mol. The number of nitrogens with two attached hydrogens (primary N) is 1. The van der Waals surface area contributed by atoms with Gasteiger partial charge in [0.2, 0.25) is 0 Å². The van der Waals surface area contributed by atoms with Crippen molar-refractivity contribution in [3.05, 3.63) is 35.6 Å². The molecule has 8 heteroatoms. The summed E-state index contributed by atoms with van der Waals surface area (Å²) in [6.07, 6.45) is 3.46. The number of benzene rings is 1. The van der Waals surface area contributed by atoms with Crippen molar-refractivity contribution in [2.75, 3.05) is 5.73 Å². The van der Waals surface area contributed by atoms with E-state index in [4.69, 9.17) is 17.3 Å². The number of tetrazole rings is 1. The van der Waals surface area contributed by atoms with Gasteiger partial charge in [0, 0.05) is 12.7 Å². The molecule has 1 aromatic carbocycles. The molecule has 0 spiro atoms. The van der Waals surface area contributed by atoms with E-state index < -0.39 is 0 Å². The van der Waals surface area contributed by atoms with Crippen LogP contribution in [-0.4, -0.2) is 30.0 Å². The van der Waals surface area contributed by atoms with E-state index in [1.807, 2.05) is 7.05 Å². The largest absolute Gasteiger partial charge is 0.398 e. The van der Waals surface area contributed by atoms with Crippen LogP contribution in [0.3, 0.4) is 0 Å². The lowest BCUT2D eigenvalue weighted by Crippen LogP contribution is -2.01. The Kier molecular flexibility index (Phi) is 2.68. The molecule has 0 saturated heterocycles. The highest BCUT2D eigenvalue weighted by atomic mass is 35.5. The molecular formula is C11H10ClN7. The third-order valence-corrected chi connectivity index (χ3v) is 2.99. The number of nitrogens with zero attached hydrogens (tertiary/aromatic N) is 6. The summed E-state index contributed by atoms with van der Waals surface area (Å²) in [6.45, 7) is 0. The lowest BCUT2D eigenvalue weighted by Gasteiger charge is -2.06. The minimum atomic E-state index is 0.483. The van der Waals surface area contributed by atoms with Gasteiger partial charge in [-0.25, -0.2) is 0 Å². The standard InChI is InChI=1S/C11H10ClN7/c1-18-6-7(5-14-18)19-11(15-16-17-19)10-8(12)3-2-4-9(10)13/h2-6H,13H2,1H3. The zero-order chi connectivity index (χ0) is 13.4. The second-order valence-electron chi connectivity index (χ2n) is 3.99. The van der Waals surface area contributed by atoms with Crippen molar-refractivity contribution in [3.63, 3.8) is 0 Å². The normalized spacial score (nSPS) is 10.8. The zero-order valence-corrected chi connectivity index (χ0v) is 10.8. The average molecular weight is 276 g/mol. The van der Waals surface area contributed by atoms with E-state index in [0.717, 1.165) is 5.69 Å². The van der Waals surface area contributed by atoms with Gasteiger partial charge < -0.3 is 5.73 Å². The van der Waals surface area contributed by atoms with E-state index >= 15 is 0 Å². The predicted octanol–water partition coefficient (Wildman–Crippen LogP) is 1.30. The highest BCUT2D eigenvalue weighted by Gasteiger charge is 2.17. The van der Waals surface area contributed by atoms with E-state index in [1.54, 1.807) is 40.0 Å². The molecule has 0 amide bonds. The molecule has 2 heterocycles. The van der Waals surface area contributed by atoms with Crippen molar-refractivity contribution < 1.29 is 0 Å². The molecular weight excluding hydrogens is 266 g/mol. The maximum absolute atomic E-state index is 6.18. The van der Waals surface area contributed by atoms with Crippen LogP contribution in [0.2, 0.25) is 5.02 Å². The van der Waals surface area contributed by atoms with Gasteiger partial charge in [0.05, 0.1) is 23.0 Å². The van der Waals surface area contributed by atoms with Crippen LogP contribution in [0.25, 0.3) is 17.1 Å². The molecule has 7 nitrogen and oxygen atoms in total. The summed E-state index contributed by atoms with van der Waals surface area (Å²) >= 11 is 6.18. The zero-order valence-electron chi connectivity index (χ0n) is 10.0. The van der Waals surface area contributed by atoms with Gasteiger partial charge in [-0.15, -0.1) is 5.10 Å². The Bertz CT molecular complexity index is 710. The van der Waals surface area contributed by atoms with Crippen molar-refractivity contribution in [1.29, 1.82) is 0 Å². The molecule has 96 valence electrons. The quantitative estimate of drug-likeness (QED) is 0.712. The highest BCUT2D eigenvalue weighted by Crippen LogP contribution is 2.32. The topological polar surface area (TPSA) is 87.4 Å². The number of hydrogen-bond donors (Lipinski definition) is 1. The molecule has 0 unspecified atom stereocenters. The number of halogens is 1. The number of aryl methyl sites for hydroxylation is 1. The van der Waals surface area contributed by atoms with Gasteiger partial charge in [-0.3, -0.25) is 4.68 Å². The lowest BCUT2D eigenvalue weighted by atomic mass is 10.1. The summed E-state index contributed by atoms with van der Waals surface area (Å²) in [5.41, 5.74) is 7.82. The van der Waals surface area contributed by atoms with Gasteiger partial charge in [-0.1, -0.05) is 17.7 Å². The van der Waals surface area contributed by atoms with Crippen LogP contribution in [0, 0.1) is 0 Å². The van der Waals surface area contributed by atoms with Gasteiger partial charge in [0.25, 0.3) is 0 Å². The van der Waals surface area contributed by atoms with Gasteiger partial charge >= 0.3 is 0 Å². The Morgan fingerprint density at radius 3 is 2.84 bits per heavy atom. The van der Waals surface area contributed by atoms with Gasteiger partial charge in [-0.2, -0.15) is 9.78 Å². The van der Waals surface area contributed by atoms with E-state index in [1.165, 1.54) is 0 Å². The summed E-state index contributed by atoms with van der Waals surface area (Å²) in [5.74, 6) is 0.483. The second-order valence-corrected chi connectivity index (χ2v) is 4.40. The molecule has 3 aromatic rings. The third kappa shape index (κ3) is 1.93. The molecule has 2 N–H and O–H groups in total. The Balaban J connectivity index is 2.20. The third-order valence-electron chi connectivity index (χ3n) is 2.67. The van der Waals surface area contributed by atoms with Crippen LogP contribution in [0.4, 0.5) is 5.69 Å². The van der Waals surface area contributed by atoms with Gasteiger partial charge in [0.1, 0.15) is 5.69 Å². The van der Waals surface area contributed by atoms with Gasteiger partial charge in [0.15, 0.2) is 5.82 Å². The molecule has 0 aliphatic rings. The highest BCUT2D eigenvalue weighted by molar-refractivity contribution is 6.33. The Morgan fingerprint density at radius 2 is 2.16 bits per heavy atom. The van der Waals surface area contributed by atoms with Crippen molar-refractivity contribution in [3.8, 4) is 17.1 Å². The van der Waals surface area contributed by atoms with E-state index in [-0.39, 0.29) is 0 Å². The van der Waals surface area contributed by atoms with Crippen molar-refractivity contribution in [1.82, 2.24) is 30.0 Å². The molecule has 0 aliphatic heterocycles. The molecule has 0 fully saturated rings. The van der Waals surface area contributed by atoms with Gasteiger partial charge in [-0.05, 0) is 22.6 Å². The predicted molar refractivity (Wildman–Crippen MR) is 70.8 cm³/mol. The maximum Gasteiger partial charge on any atom is 0.190 e. The molecule has 0 saturated carbocycles. The first-order chi connectivity index (χ1) is 9.16. The summed E-state index contributed by atoms with van der Waals surface area (Å²) in [7, 11) is 1.82. The molecule has 0 atom stereocenters. The van der Waals surface area contributed by atoms with Crippen molar-refractivity contribution in [2.24, 2.45) is 7.05 Å². The SMILES string of the molecule is Cn1cc(-n2nnnc2-c2c(N)cccc2Cl)cn1. The van der Waals surface area contributed by atoms with E-state index in [0.29, 0.717) is 22.1 Å². The number of hydrogen-bond acceptors (Lipinski definition) is 5. The smallest absolute Gasteiger partial charge is 0.190 e. The fourth-order valence-electron chi connectivity index (χ4n) is 1.81. The molecule has 0 bridgehead atoms. The molecule has 0 radical (unpaired) electrons. The summed E-state index contributed by atoms with van der Waals surface area (Å²) in [6, 6.07) is 5.28. The molecule has 2 aromatic heterocycles. The minimum absolute atomic E-state index is 0.483. The van der Waals surface area contributed by atoms with Crippen LogP contribution in [0.1, 0.15) is 0 Å². The number of rotatable bonds is 2. The number of aromatic nitrogens is 6. The molecule has 19 heavy (non-hydrogen) atoms. The Morgan fingerprint density at radius 1 is 1.32 bits per heavy atom. The van der Waals surface area contributed by atoms with E-state index in [9.17, 15) is 0 Å². The first kappa shape index (κ1) is 11.7. The minimum Gasteiger partial charge on any atom is -0.398 e. The van der Waals surface area contributed by atoms with Crippen LogP contribution in [-0.2, 0) is 7.05 Å². The van der Waals surface area contributed by atoms with Crippen LogP contribution >= 0.6 is 11.6 Å². The first-order valence-corrected chi connectivity index (χ1v) is 5.86. The van der Waals surface area contributed by atoms with Crippen molar-refractivity contribution >= 4 is 17.3 Å². The Labute approximate surface area is 113 Å². The molecule has 3 rings (SSSR count). The fraction of sp³-hybridized carbons (Fsp3) is 0.0909. The lowest BCUT2D eigenvalue weighted by molar-refractivity contribution is 0.762. The number of anilines is 1. The first-order valence-electron chi connectivity index (χ1n) is 5.48. The van der Waals surface area contributed by atoms with E-state index in [2.05, 4.69) is 20.6 Å². The maximum atomic E-state index is 6.18. The Hall–Kier alpha value is -2.41.